The molecule has 1 aromatic heterocycles. The van der Waals surface area contributed by atoms with Gasteiger partial charge in [-0.3, -0.25) is 14.4 Å². The van der Waals surface area contributed by atoms with Crippen LogP contribution in [0.15, 0.2) is 18.2 Å². The Labute approximate surface area is 186 Å². The van der Waals surface area contributed by atoms with Crippen LogP contribution in [0.2, 0.25) is 10.0 Å². The molecule has 0 bridgehead atoms. The standard InChI is InChI=1S/C20H18Cl2FN3O5/c21-10-6-9(3-4-11(10)23)24-19(29)15-13-2-1-5-26(13)17(16(15)22)18(28)20(30)25-12-7-31-8-14(12)27/h3-4,6,12,14,27H,1-2,5,7-8H2,(H,24,29)(H,25,30)/t12-,14-/m0/s1. The van der Waals surface area contributed by atoms with E-state index in [-0.39, 0.29) is 40.2 Å². The second kappa shape index (κ2) is 8.58. The second-order valence-electron chi connectivity index (χ2n) is 7.34. The van der Waals surface area contributed by atoms with Crippen molar-refractivity contribution in [2.45, 2.75) is 31.5 Å². The molecule has 3 heterocycles. The van der Waals surface area contributed by atoms with Crippen molar-refractivity contribution in [3.63, 3.8) is 0 Å². The minimum Gasteiger partial charge on any atom is -0.388 e. The predicted octanol–water partition coefficient (Wildman–Crippen LogP) is 2.19. The summed E-state index contributed by atoms with van der Waals surface area (Å²) in [7, 11) is 0. The number of halogens is 3. The van der Waals surface area contributed by atoms with Crippen LogP contribution in [0.5, 0.6) is 0 Å². The normalized spacial score (nSPS) is 19.9. The van der Waals surface area contributed by atoms with E-state index < -0.39 is 35.6 Å². The van der Waals surface area contributed by atoms with E-state index in [0.29, 0.717) is 25.1 Å². The molecule has 2 atom stereocenters. The summed E-state index contributed by atoms with van der Waals surface area (Å²) in [6.07, 6.45) is 0.261. The lowest BCUT2D eigenvalue weighted by molar-refractivity contribution is -0.118. The van der Waals surface area contributed by atoms with Gasteiger partial charge in [-0.1, -0.05) is 23.2 Å². The zero-order chi connectivity index (χ0) is 22.3. The fourth-order valence-electron chi connectivity index (χ4n) is 3.79. The first-order valence-corrected chi connectivity index (χ1v) is 10.3. The number of amides is 2. The van der Waals surface area contributed by atoms with E-state index in [1.807, 2.05) is 0 Å². The molecule has 2 aliphatic rings. The van der Waals surface area contributed by atoms with Crippen molar-refractivity contribution < 1.29 is 28.6 Å². The SMILES string of the molecule is O=C(N[C@H]1COC[C@@H]1O)C(=O)c1c(Cl)c(C(=O)Nc2ccc(F)c(Cl)c2)c2n1CCC2. The molecule has 0 aliphatic carbocycles. The van der Waals surface area contributed by atoms with Gasteiger partial charge in [0.05, 0.1) is 41.0 Å². The largest absolute Gasteiger partial charge is 0.388 e. The van der Waals surface area contributed by atoms with Gasteiger partial charge in [-0.2, -0.15) is 0 Å². The molecule has 164 valence electrons. The molecule has 0 unspecified atom stereocenters. The van der Waals surface area contributed by atoms with Gasteiger partial charge in [0.2, 0.25) is 0 Å². The number of Topliss-reactive ketones (excluding diaryl/α,β-unsaturated/α-hetero) is 1. The monoisotopic (exact) mass is 469 g/mol. The number of rotatable bonds is 5. The molecule has 2 amide bonds. The number of nitrogens with zero attached hydrogens (tertiary/aromatic N) is 1. The van der Waals surface area contributed by atoms with Crippen molar-refractivity contribution in [1.82, 2.24) is 9.88 Å². The zero-order valence-electron chi connectivity index (χ0n) is 16.1. The number of ketones is 1. The average molecular weight is 470 g/mol. The summed E-state index contributed by atoms with van der Waals surface area (Å²) in [5.74, 6) is -3.08. The van der Waals surface area contributed by atoms with Crippen molar-refractivity contribution in [3.8, 4) is 0 Å². The Morgan fingerprint density at radius 2 is 2.00 bits per heavy atom. The summed E-state index contributed by atoms with van der Waals surface area (Å²) in [5.41, 5.74) is 0.796. The van der Waals surface area contributed by atoms with Crippen molar-refractivity contribution in [2.75, 3.05) is 18.5 Å². The fourth-order valence-corrected chi connectivity index (χ4v) is 4.35. The number of hydrogen-bond acceptors (Lipinski definition) is 5. The molecule has 2 aliphatic heterocycles. The number of carbonyl (C=O) groups is 3. The molecule has 0 saturated carbocycles. The maximum absolute atomic E-state index is 13.4. The van der Waals surface area contributed by atoms with Gasteiger partial charge in [0.15, 0.2) is 0 Å². The molecular formula is C20H18Cl2FN3O5. The van der Waals surface area contributed by atoms with Crippen molar-refractivity contribution in [1.29, 1.82) is 0 Å². The van der Waals surface area contributed by atoms with E-state index in [4.69, 9.17) is 27.9 Å². The summed E-state index contributed by atoms with van der Waals surface area (Å²) in [5, 5.41) is 14.5. The van der Waals surface area contributed by atoms with Crippen molar-refractivity contribution in [2.24, 2.45) is 0 Å². The van der Waals surface area contributed by atoms with Gasteiger partial charge < -0.3 is 25.0 Å². The van der Waals surface area contributed by atoms with Crippen molar-refractivity contribution in [3.05, 3.63) is 51.0 Å². The first kappa shape index (κ1) is 21.8. The minimum atomic E-state index is -0.944. The van der Waals surface area contributed by atoms with Crippen molar-refractivity contribution >= 4 is 46.5 Å². The number of fused-ring (bicyclic) bond motifs is 1. The number of carbonyl (C=O) groups excluding carboxylic acids is 3. The molecule has 1 fully saturated rings. The van der Waals surface area contributed by atoms with Gasteiger partial charge in [0, 0.05) is 17.9 Å². The van der Waals surface area contributed by atoms with Crippen LogP contribution in [0.4, 0.5) is 10.1 Å². The molecule has 0 spiro atoms. The van der Waals surface area contributed by atoms with Gasteiger partial charge in [0.25, 0.3) is 17.6 Å². The van der Waals surface area contributed by atoms with E-state index in [1.54, 1.807) is 4.57 Å². The number of aliphatic hydroxyl groups excluding tert-OH is 1. The van der Waals surface area contributed by atoms with E-state index in [0.717, 1.165) is 6.07 Å². The highest BCUT2D eigenvalue weighted by Crippen LogP contribution is 2.34. The first-order valence-electron chi connectivity index (χ1n) is 9.56. The highest BCUT2D eigenvalue weighted by atomic mass is 35.5. The topological polar surface area (TPSA) is 110 Å². The van der Waals surface area contributed by atoms with Gasteiger partial charge in [-0.05, 0) is 31.0 Å². The number of hydrogen-bond donors (Lipinski definition) is 3. The third kappa shape index (κ3) is 4.06. The quantitative estimate of drug-likeness (QED) is 0.459. The Morgan fingerprint density at radius 3 is 2.68 bits per heavy atom. The van der Waals surface area contributed by atoms with Gasteiger partial charge in [0.1, 0.15) is 11.5 Å². The molecule has 2 aromatic rings. The lowest BCUT2D eigenvalue weighted by Crippen LogP contribution is -2.45. The molecular weight excluding hydrogens is 452 g/mol. The third-order valence-electron chi connectivity index (χ3n) is 5.30. The van der Waals surface area contributed by atoms with Crippen LogP contribution in [0, 0.1) is 5.82 Å². The maximum Gasteiger partial charge on any atom is 0.294 e. The Morgan fingerprint density at radius 1 is 1.23 bits per heavy atom. The summed E-state index contributed by atoms with van der Waals surface area (Å²) < 4.78 is 20.0. The fraction of sp³-hybridized carbons (Fsp3) is 0.350. The number of aliphatic hydroxyl groups is 1. The summed E-state index contributed by atoms with van der Waals surface area (Å²) in [4.78, 5) is 38.3. The van der Waals surface area contributed by atoms with Gasteiger partial charge >= 0.3 is 0 Å². The number of aromatic nitrogens is 1. The van der Waals surface area contributed by atoms with Crippen LogP contribution in [0.1, 0.15) is 33.0 Å². The van der Waals surface area contributed by atoms with Crippen LogP contribution in [-0.2, 0) is 22.5 Å². The molecule has 31 heavy (non-hydrogen) atoms. The molecule has 3 N–H and O–H groups in total. The molecule has 0 radical (unpaired) electrons. The Hall–Kier alpha value is -2.46. The Balaban J connectivity index is 1.61. The van der Waals surface area contributed by atoms with Gasteiger partial charge in [-0.15, -0.1) is 0 Å². The van der Waals surface area contributed by atoms with E-state index in [2.05, 4.69) is 10.6 Å². The van der Waals surface area contributed by atoms with E-state index in [9.17, 15) is 23.9 Å². The highest BCUT2D eigenvalue weighted by molar-refractivity contribution is 6.48. The number of ether oxygens (including phenoxy) is 1. The minimum absolute atomic E-state index is 0.0676. The van der Waals surface area contributed by atoms with Gasteiger partial charge in [-0.25, -0.2) is 4.39 Å². The first-order chi connectivity index (χ1) is 14.8. The molecule has 8 nitrogen and oxygen atoms in total. The molecule has 1 saturated heterocycles. The molecule has 4 rings (SSSR count). The van der Waals surface area contributed by atoms with Crippen LogP contribution < -0.4 is 10.6 Å². The lowest BCUT2D eigenvalue weighted by atomic mass is 10.1. The summed E-state index contributed by atoms with van der Waals surface area (Å²) >= 11 is 12.2. The highest BCUT2D eigenvalue weighted by Gasteiger charge is 2.36. The number of benzene rings is 1. The van der Waals surface area contributed by atoms with E-state index in [1.165, 1.54) is 12.1 Å². The van der Waals surface area contributed by atoms with E-state index >= 15 is 0 Å². The van der Waals surface area contributed by atoms with Crippen LogP contribution in [0.3, 0.4) is 0 Å². The maximum atomic E-state index is 13.4. The second-order valence-corrected chi connectivity index (χ2v) is 8.12. The summed E-state index contributed by atoms with van der Waals surface area (Å²) in [6, 6.07) is 3.02. The average Bonchev–Trinajstić information content (AvgIpc) is 3.40. The third-order valence-corrected chi connectivity index (χ3v) is 5.96. The summed E-state index contributed by atoms with van der Waals surface area (Å²) in [6.45, 7) is 0.584. The number of anilines is 1. The Kier molecular flexibility index (Phi) is 6.02. The Bertz CT molecular complexity index is 1090. The van der Waals surface area contributed by atoms with Crippen LogP contribution >= 0.6 is 23.2 Å². The zero-order valence-corrected chi connectivity index (χ0v) is 17.6. The predicted molar refractivity (Wildman–Crippen MR) is 110 cm³/mol. The molecule has 11 heteroatoms. The lowest BCUT2D eigenvalue weighted by Gasteiger charge is -2.14. The molecule has 1 aromatic carbocycles. The van der Waals surface area contributed by atoms with Crippen LogP contribution in [-0.4, -0.2) is 52.6 Å². The number of nitrogens with one attached hydrogen (secondary N) is 2. The van der Waals surface area contributed by atoms with Crippen LogP contribution in [0.25, 0.3) is 0 Å². The smallest absolute Gasteiger partial charge is 0.294 e.